The summed E-state index contributed by atoms with van der Waals surface area (Å²) < 4.78 is 0. The van der Waals surface area contributed by atoms with E-state index in [1.807, 2.05) is 6.92 Å². The van der Waals surface area contributed by atoms with Gasteiger partial charge in [-0.25, -0.2) is 0 Å². The lowest BCUT2D eigenvalue weighted by atomic mass is 10.0. The number of amides is 1. The summed E-state index contributed by atoms with van der Waals surface area (Å²) >= 11 is 0. The van der Waals surface area contributed by atoms with Crippen molar-refractivity contribution < 1.29 is 4.79 Å². The largest absolute Gasteiger partial charge is 0.327 e. The molecule has 0 fully saturated rings. The number of carbonyl (C=O) groups is 1. The summed E-state index contributed by atoms with van der Waals surface area (Å²) in [5, 5.41) is 2.74. The van der Waals surface area contributed by atoms with E-state index >= 15 is 0 Å². The molecule has 0 spiro atoms. The van der Waals surface area contributed by atoms with Crippen LogP contribution in [0.4, 0.5) is 5.69 Å². The van der Waals surface area contributed by atoms with Gasteiger partial charge in [-0.15, -0.1) is 0 Å². The Labute approximate surface area is 83.5 Å². The van der Waals surface area contributed by atoms with E-state index in [0.717, 1.165) is 0 Å². The van der Waals surface area contributed by atoms with Gasteiger partial charge in [0.15, 0.2) is 0 Å². The fraction of sp³-hybridized carbons (Fsp3) is 0.400. The Morgan fingerprint density at radius 3 is 2.79 bits per heavy atom. The molecule has 2 atom stereocenters. The van der Waals surface area contributed by atoms with Gasteiger partial charge in [0, 0.05) is 12.2 Å². The number of rotatable bonds is 3. The zero-order chi connectivity index (χ0) is 10.6. The van der Waals surface area contributed by atoms with Crippen molar-refractivity contribution in [1.29, 1.82) is 0 Å². The van der Waals surface area contributed by atoms with Crippen molar-refractivity contribution in [3.8, 4) is 0 Å². The molecular formula is C10H15N3O. The topological polar surface area (TPSA) is 68.0 Å². The van der Waals surface area contributed by atoms with Gasteiger partial charge in [0.2, 0.25) is 5.91 Å². The third-order valence-corrected chi connectivity index (χ3v) is 2.13. The van der Waals surface area contributed by atoms with Crippen LogP contribution in [0.3, 0.4) is 0 Å². The smallest absolute Gasteiger partial charge is 0.228 e. The Hall–Kier alpha value is -1.42. The molecule has 0 aromatic carbocycles. The zero-order valence-electron chi connectivity index (χ0n) is 8.40. The van der Waals surface area contributed by atoms with Crippen LogP contribution in [0.1, 0.15) is 13.8 Å². The molecule has 0 bridgehead atoms. The summed E-state index contributed by atoms with van der Waals surface area (Å²) in [6.45, 7) is 3.61. The standard InChI is InChI=1S/C10H15N3O/c1-7(8(2)11)10(14)13-9-4-3-5-12-6-9/h3-8H,11H2,1-2H3,(H,13,14). The third-order valence-electron chi connectivity index (χ3n) is 2.13. The summed E-state index contributed by atoms with van der Waals surface area (Å²) in [5.74, 6) is -0.275. The van der Waals surface area contributed by atoms with Crippen LogP contribution in [0.5, 0.6) is 0 Å². The molecule has 4 nitrogen and oxygen atoms in total. The summed E-state index contributed by atoms with van der Waals surface area (Å²) in [6, 6.07) is 3.41. The Morgan fingerprint density at radius 1 is 1.57 bits per heavy atom. The number of nitrogens with two attached hydrogens (primary N) is 1. The van der Waals surface area contributed by atoms with E-state index in [4.69, 9.17) is 5.73 Å². The molecule has 0 radical (unpaired) electrons. The Balaban J connectivity index is 2.58. The second-order valence-electron chi connectivity index (χ2n) is 3.38. The minimum Gasteiger partial charge on any atom is -0.327 e. The van der Waals surface area contributed by atoms with Crippen molar-refractivity contribution in [1.82, 2.24) is 4.98 Å². The molecule has 0 aliphatic heterocycles. The first-order chi connectivity index (χ1) is 6.61. The van der Waals surface area contributed by atoms with E-state index in [9.17, 15) is 4.79 Å². The lowest BCUT2D eigenvalue weighted by molar-refractivity contribution is -0.119. The molecule has 14 heavy (non-hydrogen) atoms. The average Bonchev–Trinajstić information content (AvgIpc) is 2.18. The highest BCUT2D eigenvalue weighted by atomic mass is 16.1. The molecule has 0 saturated heterocycles. The highest BCUT2D eigenvalue weighted by molar-refractivity contribution is 5.92. The van der Waals surface area contributed by atoms with Gasteiger partial charge in [0.1, 0.15) is 0 Å². The van der Waals surface area contributed by atoms with Crippen molar-refractivity contribution in [3.05, 3.63) is 24.5 Å². The van der Waals surface area contributed by atoms with Crippen molar-refractivity contribution in [2.45, 2.75) is 19.9 Å². The highest BCUT2D eigenvalue weighted by Gasteiger charge is 2.16. The van der Waals surface area contributed by atoms with Gasteiger partial charge in [0.25, 0.3) is 0 Å². The van der Waals surface area contributed by atoms with Crippen LogP contribution in [0, 0.1) is 5.92 Å². The summed E-state index contributed by atoms with van der Waals surface area (Å²) in [5.41, 5.74) is 6.31. The minimum absolute atomic E-state index is 0.0759. The molecule has 0 aliphatic rings. The van der Waals surface area contributed by atoms with Crippen LogP contribution in [0.2, 0.25) is 0 Å². The van der Waals surface area contributed by atoms with Crippen LogP contribution in [-0.2, 0) is 4.79 Å². The fourth-order valence-electron chi connectivity index (χ4n) is 0.932. The molecule has 1 rings (SSSR count). The van der Waals surface area contributed by atoms with E-state index in [1.54, 1.807) is 31.5 Å². The fourth-order valence-corrected chi connectivity index (χ4v) is 0.932. The average molecular weight is 193 g/mol. The summed E-state index contributed by atoms with van der Waals surface area (Å²) in [4.78, 5) is 15.4. The van der Waals surface area contributed by atoms with E-state index in [-0.39, 0.29) is 17.9 Å². The van der Waals surface area contributed by atoms with Gasteiger partial charge in [-0.05, 0) is 19.1 Å². The number of nitrogens with zero attached hydrogens (tertiary/aromatic N) is 1. The maximum absolute atomic E-state index is 11.5. The molecule has 0 aliphatic carbocycles. The molecule has 3 N–H and O–H groups in total. The number of anilines is 1. The van der Waals surface area contributed by atoms with Gasteiger partial charge in [-0.3, -0.25) is 9.78 Å². The summed E-state index contributed by atoms with van der Waals surface area (Å²) in [7, 11) is 0. The van der Waals surface area contributed by atoms with Crippen molar-refractivity contribution >= 4 is 11.6 Å². The molecular weight excluding hydrogens is 178 g/mol. The second kappa shape index (κ2) is 4.72. The SMILES string of the molecule is CC(N)C(C)C(=O)Nc1cccnc1. The number of carbonyl (C=O) groups excluding carboxylic acids is 1. The normalized spacial score (nSPS) is 14.5. The molecule has 1 aromatic heterocycles. The van der Waals surface area contributed by atoms with Crippen LogP contribution >= 0.6 is 0 Å². The zero-order valence-corrected chi connectivity index (χ0v) is 8.40. The van der Waals surface area contributed by atoms with E-state index in [2.05, 4.69) is 10.3 Å². The number of nitrogens with one attached hydrogen (secondary N) is 1. The second-order valence-corrected chi connectivity index (χ2v) is 3.38. The highest BCUT2D eigenvalue weighted by Crippen LogP contribution is 2.07. The van der Waals surface area contributed by atoms with Gasteiger partial charge in [-0.2, -0.15) is 0 Å². The quantitative estimate of drug-likeness (QED) is 0.752. The number of hydrogen-bond donors (Lipinski definition) is 2. The maximum atomic E-state index is 11.5. The first kappa shape index (κ1) is 10.7. The molecule has 1 aromatic rings. The molecule has 2 unspecified atom stereocenters. The lowest BCUT2D eigenvalue weighted by Gasteiger charge is -2.14. The Morgan fingerprint density at radius 2 is 2.29 bits per heavy atom. The van der Waals surface area contributed by atoms with Crippen LogP contribution in [0.15, 0.2) is 24.5 Å². The van der Waals surface area contributed by atoms with Gasteiger partial charge < -0.3 is 11.1 Å². The number of aromatic nitrogens is 1. The van der Waals surface area contributed by atoms with Crippen LogP contribution < -0.4 is 11.1 Å². The van der Waals surface area contributed by atoms with Crippen molar-refractivity contribution in [2.75, 3.05) is 5.32 Å². The van der Waals surface area contributed by atoms with Crippen molar-refractivity contribution in [3.63, 3.8) is 0 Å². The first-order valence-electron chi connectivity index (χ1n) is 4.57. The lowest BCUT2D eigenvalue weighted by Crippen LogP contribution is -2.34. The van der Waals surface area contributed by atoms with Gasteiger partial charge in [-0.1, -0.05) is 6.92 Å². The summed E-state index contributed by atoms with van der Waals surface area (Å²) in [6.07, 6.45) is 3.26. The Bertz CT molecular complexity index is 297. The molecule has 4 heteroatoms. The predicted octanol–water partition coefficient (Wildman–Crippen LogP) is 1.00. The molecule has 1 heterocycles. The number of pyridine rings is 1. The van der Waals surface area contributed by atoms with E-state index < -0.39 is 0 Å². The van der Waals surface area contributed by atoms with Crippen LogP contribution in [-0.4, -0.2) is 16.9 Å². The van der Waals surface area contributed by atoms with E-state index in [0.29, 0.717) is 5.69 Å². The first-order valence-corrected chi connectivity index (χ1v) is 4.57. The molecule has 0 saturated carbocycles. The predicted molar refractivity (Wildman–Crippen MR) is 55.7 cm³/mol. The molecule has 76 valence electrons. The monoisotopic (exact) mass is 193 g/mol. The molecule has 1 amide bonds. The number of hydrogen-bond acceptors (Lipinski definition) is 3. The van der Waals surface area contributed by atoms with Crippen molar-refractivity contribution in [2.24, 2.45) is 11.7 Å². The van der Waals surface area contributed by atoms with Gasteiger partial charge >= 0.3 is 0 Å². The Kier molecular flexibility index (Phi) is 3.59. The maximum Gasteiger partial charge on any atom is 0.228 e. The third kappa shape index (κ3) is 2.81. The van der Waals surface area contributed by atoms with Crippen LogP contribution in [0.25, 0.3) is 0 Å². The van der Waals surface area contributed by atoms with E-state index in [1.165, 1.54) is 0 Å². The van der Waals surface area contributed by atoms with Gasteiger partial charge in [0.05, 0.1) is 17.8 Å². The minimum atomic E-state index is -0.199.